The van der Waals surface area contributed by atoms with E-state index in [0.717, 1.165) is 23.1 Å². The molecule has 0 spiro atoms. The standard InChI is InChI=1S/C15H14BrNO2.BrH/c16-13-3-1-2-10-11(7-17-8-12(10)13)9-4-5-14(18)15(19)6-9;/h1-6,11,17-19H,7-8H2;1H. The van der Waals surface area contributed by atoms with Crippen LogP contribution in [-0.2, 0) is 6.54 Å². The van der Waals surface area contributed by atoms with Crippen molar-refractivity contribution in [3.05, 3.63) is 57.6 Å². The molecule has 3 rings (SSSR count). The Labute approximate surface area is 136 Å². The van der Waals surface area contributed by atoms with Gasteiger partial charge in [0, 0.05) is 23.5 Å². The summed E-state index contributed by atoms with van der Waals surface area (Å²) in [6.07, 6.45) is 0. The highest BCUT2D eigenvalue weighted by Crippen LogP contribution is 2.36. The van der Waals surface area contributed by atoms with Crippen molar-refractivity contribution in [2.75, 3.05) is 6.54 Å². The van der Waals surface area contributed by atoms with Gasteiger partial charge in [-0.3, -0.25) is 0 Å². The maximum Gasteiger partial charge on any atom is 0.157 e. The number of aromatic hydroxyl groups is 2. The monoisotopic (exact) mass is 399 g/mol. The predicted molar refractivity (Wildman–Crippen MR) is 87.8 cm³/mol. The summed E-state index contributed by atoms with van der Waals surface area (Å²) in [6, 6.07) is 11.2. The fourth-order valence-corrected chi connectivity index (χ4v) is 3.12. The summed E-state index contributed by atoms with van der Waals surface area (Å²) in [7, 11) is 0. The van der Waals surface area contributed by atoms with Crippen LogP contribution >= 0.6 is 32.9 Å². The summed E-state index contributed by atoms with van der Waals surface area (Å²) in [5.41, 5.74) is 3.52. The molecule has 0 bridgehead atoms. The largest absolute Gasteiger partial charge is 0.504 e. The van der Waals surface area contributed by atoms with Crippen molar-refractivity contribution in [3.8, 4) is 11.5 Å². The summed E-state index contributed by atoms with van der Waals surface area (Å²) in [5, 5.41) is 22.5. The van der Waals surface area contributed by atoms with Crippen molar-refractivity contribution in [1.29, 1.82) is 0 Å². The minimum Gasteiger partial charge on any atom is -0.504 e. The van der Waals surface area contributed by atoms with Gasteiger partial charge in [-0.05, 0) is 34.9 Å². The molecule has 1 atom stereocenters. The first kappa shape index (κ1) is 15.4. The van der Waals surface area contributed by atoms with Crippen LogP contribution in [0, 0.1) is 0 Å². The van der Waals surface area contributed by atoms with Crippen molar-refractivity contribution < 1.29 is 10.2 Å². The zero-order chi connectivity index (χ0) is 13.4. The fraction of sp³-hybridized carbons (Fsp3) is 0.200. The van der Waals surface area contributed by atoms with Gasteiger partial charge < -0.3 is 15.5 Å². The first-order valence-electron chi connectivity index (χ1n) is 6.16. The second-order valence-electron chi connectivity index (χ2n) is 4.74. The third kappa shape index (κ3) is 2.71. The van der Waals surface area contributed by atoms with E-state index in [-0.39, 0.29) is 34.4 Å². The molecule has 0 fully saturated rings. The lowest BCUT2D eigenvalue weighted by Crippen LogP contribution is -2.29. The molecule has 1 aliphatic rings. The zero-order valence-electron chi connectivity index (χ0n) is 10.6. The van der Waals surface area contributed by atoms with Crippen LogP contribution in [0.25, 0.3) is 0 Å². The van der Waals surface area contributed by atoms with Crippen molar-refractivity contribution in [3.63, 3.8) is 0 Å². The zero-order valence-corrected chi connectivity index (χ0v) is 13.9. The number of fused-ring (bicyclic) bond motifs is 1. The van der Waals surface area contributed by atoms with E-state index in [0.29, 0.717) is 0 Å². The molecule has 1 unspecified atom stereocenters. The molecule has 0 aliphatic carbocycles. The molecular weight excluding hydrogens is 386 g/mol. The number of halogens is 2. The molecule has 0 aromatic heterocycles. The number of hydrogen-bond donors (Lipinski definition) is 3. The summed E-state index contributed by atoms with van der Waals surface area (Å²) >= 11 is 3.58. The number of rotatable bonds is 1. The lowest BCUT2D eigenvalue weighted by Gasteiger charge is -2.27. The molecule has 106 valence electrons. The Bertz CT molecular complexity index is 631. The van der Waals surface area contributed by atoms with E-state index in [1.807, 2.05) is 18.2 Å². The summed E-state index contributed by atoms with van der Waals surface area (Å²) in [5.74, 6) is 0.0364. The Hall–Kier alpha value is -1.04. The second kappa shape index (κ2) is 6.16. The lowest BCUT2D eigenvalue weighted by molar-refractivity contribution is 0.402. The quantitative estimate of drug-likeness (QED) is 0.640. The first-order valence-corrected chi connectivity index (χ1v) is 6.96. The number of phenols is 2. The van der Waals surface area contributed by atoms with E-state index < -0.39 is 0 Å². The average molecular weight is 401 g/mol. The van der Waals surface area contributed by atoms with Crippen LogP contribution in [0.4, 0.5) is 0 Å². The van der Waals surface area contributed by atoms with Gasteiger partial charge in [0.25, 0.3) is 0 Å². The maximum atomic E-state index is 9.65. The molecule has 20 heavy (non-hydrogen) atoms. The van der Waals surface area contributed by atoms with Gasteiger partial charge in [0.15, 0.2) is 11.5 Å². The molecule has 0 saturated carbocycles. The van der Waals surface area contributed by atoms with E-state index in [2.05, 4.69) is 27.3 Å². The van der Waals surface area contributed by atoms with Crippen molar-refractivity contribution in [1.82, 2.24) is 5.32 Å². The Morgan fingerprint density at radius 1 is 1.10 bits per heavy atom. The molecule has 0 amide bonds. The molecule has 3 N–H and O–H groups in total. The van der Waals surface area contributed by atoms with Gasteiger partial charge in [-0.15, -0.1) is 17.0 Å². The molecule has 1 heterocycles. The minimum atomic E-state index is -0.0815. The molecule has 3 nitrogen and oxygen atoms in total. The van der Waals surface area contributed by atoms with Crippen LogP contribution in [0.2, 0.25) is 0 Å². The van der Waals surface area contributed by atoms with Crippen LogP contribution in [0.1, 0.15) is 22.6 Å². The summed E-state index contributed by atoms with van der Waals surface area (Å²) in [4.78, 5) is 0. The van der Waals surface area contributed by atoms with Crippen LogP contribution in [0.5, 0.6) is 11.5 Å². The molecular formula is C15H15Br2NO2. The highest BCUT2D eigenvalue weighted by Gasteiger charge is 2.23. The van der Waals surface area contributed by atoms with E-state index in [9.17, 15) is 10.2 Å². The maximum absolute atomic E-state index is 9.65. The summed E-state index contributed by atoms with van der Waals surface area (Å²) in [6.45, 7) is 1.67. The highest BCUT2D eigenvalue weighted by atomic mass is 79.9. The number of hydrogen-bond acceptors (Lipinski definition) is 3. The van der Waals surface area contributed by atoms with Gasteiger partial charge in [0.2, 0.25) is 0 Å². The topological polar surface area (TPSA) is 52.5 Å². The highest BCUT2D eigenvalue weighted by molar-refractivity contribution is 9.10. The van der Waals surface area contributed by atoms with Crippen molar-refractivity contribution >= 4 is 32.9 Å². The van der Waals surface area contributed by atoms with Crippen LogP contribution < -0.4 is 5.32 Å². The Morgan fingerprint density at radius 3 is 2.65 bits per heavy atom. The minimum absolute atomic E-state index is 0. The lowest BCUT2D eigenvalue weighted by atomic mass is 9.85. The normalized spacial score (nSPS) is 17.1. The molecule has 1 aliphatic heterocycles. The summed E-state index contributed by atoms with van der Waals surface area (Å²) < 4.78 is 1.10. The number of benzene rings is 2. The fourth-order valence-electron chi connectivity index (χ4n) is 2.59. The van der Waals surface area contributed by atoms with Gasteiger partial charge in [-0.25, -0.2) is 0 Å². The first-order chi connectivity index (χ1) is 9.16. The van der Waals surface area contributed by atoms with Gasteiger partial charge >= 0.3 is 0 Å². The third-order valence-corrected chi connectivity index (χ3v) is 4.33. The van der Waals surface area contributed by atoms with Gasteiger partial charge in [0.05, 0.1) is 0 Å². The third-order valence-electron chi connectivity index (χ3n) is 3.58. The average Bonchev–Trinajstić information content (AvgIpc) is 2.42. The molecule has 2 aromatic rings. The van der Waals surface area contributed by atoms with E-state index in [4.69, 9.17) is 0 Å². The predicted octanol–water partition coefficient (Wildman–Crippen LogP) is 3.67. The van der Waals surface area contributed by atoms with Crippen molar-refractivity contribution in [2.45, 2.75) is 12.5 Å². The van der Waals surface area contributed by atoms with E-state index in [1.54, 1.807) is 6.07 Å². The van der Waals surface area contributed by atoms with Crippen molar-refractivity contribution in [2.24, 2.45) is 0 Å². The van der Waals surface area contributed by atoms with E-state index >= 15 is 0 Å². The SMILES string of the molecule is Br.Oc1ccc(C2CNCc3c(Br)cccc32)cc1O. The second-order valence-corrected chi connectivity index (χ2v) is 5.59. The number of phenolic OH excluding ortho intramolecular Hbond substituents is 2. The molecule has 5 heteroatoms. The van der Waals surface area contributed by atoms with E-state index in [1.165, 1.54) is 17.2 Å². The number of nitrogens with one attached hydrogen (secondary N) is 1. The van der Waals surface area contributed by atoms with Gasteiger partial charge in [0.1, 0.15) is 0 Å². The Morgan fingerprint density at radius 2 is 1.90 bits per heavy atom. The van der Waals surface area contributed by atoms with Crippen LogP contribution in [-0.4, -0.2) is 16.8 Å². The van der Waals surface area contributed by atoms with Crippen LogP contribution in [0.3, 0.4) is 0 Å². The Kier molecular flexibility index (Phi) is 4.73. The van der Waals surface area contributed by atoms with Gasteiger partial charge in [-0.1, -0.05) is 34.1 Å². The Balaban J connectivity index is 0.00000147. The smallest absolute Gasteiger partial charge is 0.157 e. The van der Waals surface area contributed by atoms with Gasteiger partial charge in [-0.2, -0.15) is 0 Å². The molecule has 2 aromatic carbocycles. The molecule has 0 radical (unpaired) electrons. The van der Waals surface area contributed by atoms with Crippen LogP contribution in [0.15, 0.2) is 40.9 Å². The molecule has 0 saturated heterocycles.